The molecular weight excluding hydrogens is 446 g/mol. The number of carbonyl (C=O) groups excluding carboxylic acids is 1. The van der Waals surface area contributed by atoms with Gasteiger partial charge in [-0.2, -0.15) is 0 Å². The first kappa shape index (κ1) is 26.0. The molecule has 4 nitrogen and oxygen atoms in total. The largest absolute Gasteiger partial charge is 0.374 e. The number of carbonyl (C=O) groups is 1. The van der Waals surface area contributed by atoms with Crippen LogP contribution in [0, 0.1) is 0 Å². The first-order chi connectivity index (χ1) is 17.6. The molecule has 1 heterocycles. The molecule has 36 heavy (non-hydrogen) atoms. The summed E-state index contributed by atoms with van der Waals surface area (Å²) in [4.78, 5) is 14.5. The maximum Gasteiger partial charge on any atom is 0.152 e. The maximum absolute atomic E-state index is 11.9. The van der Waals surface area contributed by atoms with Crippen LogP contribution in [0.15, 0.2) is 103 Å². The van der Waals surface area contributed by atoms with Crippen LogP contribution in [-0.2, 0) is 27.5 Å². The van der Waals surface area contributed by atoms with Crippen molar-refractivity contribution in [3.8, 4) is 0 Å². The lowest BCUT2D eigenvalue weighted by molar-refractivity contribution is -0.112. The van der Waals surface area contributed by atoms with Gasteiger partial charge >= 0.3 is 0 Å². The lowest BCUT2D eigenvalue weighted by Crippen LogP contribution is -2.50. The van der Waals surface area contributed by atoms with Crippen molar-refractivity contribution in [2.75, 3.05) is 13.2 Å². The fourth-order valence-corrected chi connectivity index (χ4v) is 5.01. The topological polar surface area (TPSA) is 38.8 Å². The van der Waals surface area contributed by atoms with Crippen molar-refractivity contribution < 1.29 is 14.3 Å². The van der Waals surface area contributed by atoms with E-state index in [2.05, 4.69) is 66.4 Å². The third-order valence-electron chi connectivity index (χ3n) is 6.90. The Bertz CT molecular complexity index is 1100. The van der Waals surface area contributed by atoms with Crippen LogP contribution in [0.3, 0.4) is 0 Å². The SMILES string of the molecule is CC(=O)/C=C1\CCN([C@@H](C)c2ccccc2)[C@@H]([C@@H](COCc2ccccc2)OCc2ccccc2)C1. The van der Waals surface area contributed by atoms with Crippen LogP contribution in [0.2, 0.25) is 0 Å². The summed E-state index contributed by atoms with van der Waals surface area (Å²) in [6.45, 7) is 6.33. The Kier molecular flexibility index (Phi) is 9.62. The fraction of sp³-hybridized carbons (Fsp3) is 0.344. The third kappa shape index (κ3) is 7.47. The van der Waals surface area contributed by atoms with Crippen molar-refractivity contribution in [3.63, 3.8) is 0 Å². The molecule has 3 aromatic rings. The molecule has 0 amide bonds. The highest BCUT2D eigenvalue weighted by atomic mass is 16.5. The maximum atomic E-state index is 11.9. The van der Waals surface area contributed by atoms with Gasteiger partial charge in [0, 0.05) is 18.6 Å². The Morgan fingerprint density at radius 3 is 2.11 bits per heavy atom. The molecule has 1 fully saturated rings. The number of ketones is 1. The Balaban J connectivity index is 1.57. The molecule has 4 rings (SSSR count). The number of hydrogen-bond donors (Lipinski definition) is 0. The molecule has 0 unspecified atom stereocenters. The average Bonchev–Trinajstić information content (AvgIpc) is 2.91. The highest BCUT2D eigenvalue weighted by Gasteiger charge is 2.35. The van der Waals surface area contributed by atoms with Gasteiger partial charge in [-0.3, -0.25) is 9.69 Å². The molecule has 4 heteroatoms. The molecule has 0 bridgehead atoms. The average molecular weight is 484 g/mol. The van der Waals surface area contributed by atoms with Gasteiger partial charge in [-0.1, -0.05) is 96.6 Å². The summed E-state index contributed by atoms with van der Waals surface area (Å²) in [7, 11) is 0. The summed E-state index contributed by atoms with van der Waals surface area (Å²) in [5.41, 5.74) is 4.77. The Labute approximate surface area is 215 Å². The Morgan fingerprint density at radius 2 is 1.50 bits per heavy atom. The summed E-state index contributed by atoms with van der Waals surface area (Å²) in [6.07, 6.45) is 3.36. The van der Waals surface area contributed by atoms with Crippen LogP contribution >= 0.6 is 0 Å². The molecule has 3 aromatic carbocycles. The van der Waals surface area contributed by atoms with Gasteiger partial charge in [-0.25, -0.2) is 0 Å². The number of rotatable bonds is 11. The summed E-state index contributed by atoms with van der Waals surface area (Å²) in [5, 5.41) is 0. The summed E-state index contributed by atoms with van der Waals surface area (Å²) >= 11 is 0. The monoisotopic (exact) mass is 483 g/mol. The molecule has 1 aliphatic rings. The molecule has 0 saturated carbocycles. The molecule has 1 aliphatic heterocycles. The second kappa shape index (κ2) is 13.3. The van der Waals surface area contributed by atoms with E-state index in [1.54, 1.807) is 6.92 Å². The molecular formula is C32H37NO3. The van der Waals surface area contributed by atoms with Gasteiger partial charge in [-0.15, -0.1) is 0 Å². The second-order valence-corrected chi connectivity index (χ2v) is 9.59. The first-order valence-corrected chi connectivity index (χ1v) is 12.9. The number of piperidine rings is 1. The van der Waals surface area contributed by atoms with Crippen LogP contribution in [-0.4, -0.2) is 36.0 Å². The lowest BCUT2D eigenvalue weighted by atomic mass is 9.89. The van der Waals surface area contributed by atoms with E-state index >= 15 is 0 Å². The van der Waals surface area contributed by atoms with Gasteiger partial charge < -0.3 is 9.47 Å². The van der Waals surface area contributed by atoms with Crippen LogP contribution in [0.4, 0.5) is 0 Å². The predicted octanol–water partition coefficient (Wildman–Crippen LogP) is 6.53. The third-order valence-corrected chi connectivity index (χ3v) is 6.90. The summed E-state index contributed by atoms with van der Waals surface area (Å²) in [5.74, 6) is 0.107. The van der Waals surface area contributed by atoms with Gasteiger partial charge in [-0.05, 0) is 49.5 Å². The van der Waals surface area contributed by atoms with Crippen molar-refractivity contribution in [2.45, 2.75) is 58.1 Å². The van der Waals surface area contributed by atoms with E-state index in [-0.39, 0.29) is 24.0 Å². The quantitative estimate of drug-likeness (QED) is 0.291. The lowest BCUT2D eigenvalue weighted by Gasteiger charge is -2.44. The van der Waals surface area contributed by atoms with Gasteiger partial charge in [0.2, 0.25) is 0 Å². The van der Waals surface area contributed by atoms with Gasteiger partial charge in [0.25, 0.3) is 0 Å². The van der Waals surface area contributed by atoms with E-state index in [1.807, 2.05) is 42.5 Å². The summed E-state index contributed by atoms with van der Waals surface area (Å²) in [6, 6.07) is 31.5. The van der Waals surface area contributed by atoms with Gasteiger partial charge in [0.05, 0.1) is 25.9 Å². The molecule has 0 radical (unpaired) electrons. The zero-order valence-electron chi connectivity index (χ0n) is 21.4. The van der Waals surface area contributed by atoms with Crippen molar-refractivity contribution in [1.29, 1.82) is 0 Å². The number of ether oxygens (including phenoxy) is 2. The van der Waals surface area contributed by atoms with Gasteiger partial charge in [0.1, 0.15) is 0 Å². The van der Waals surface area contributed by atoms with Crippen LogP contribution in [0.25, 0.3) is 0 Å². The number of hydrogen-bond acceptors (Lipinski definition) is 4. The molecule has 0 aliphatic carbocycles. The number of allylic oxidation sites excluding steroid dienone is 1. The van der Waals surface area contributed by atoms with E-state index in [0.717, 1.165) is 30.5 Å². The van der Waals surface area contributed by atoms with Crippen LogP contribution in [0.1, 0.15) is 49.4 Å². The number of benzene rings is 3. The minimum Gasteiger partial charge on any atom is -0.374 e. The highest BCUT2D eigenvalue weighted by molar-refractivity contribution is 5.88. The fourth-order valence-electron chi connectivity index (χ4n) is 5.01. The molecule has 188 valence electrons. The standard InChI is InChI=1S/C32H37NO3/c1-25(34)20-29-18-19-33(26(2)30-16-10-5-11-17-30)31(21-29)32(36-23-28-14-8-4-9-15-28)24-35-22-27-12-6-3-7-13-27/h3-17,20,26,31-32H,18-19,21-24H2,1-2H3/b29-20+/t26-,31+,32+/m0/s1. The van der Waals surface area contributed by atoms with Crippen molar-refractivity contribution in [2.24, 2.45) is 0 Å². The number of nitrogens with zero attached hydrogens (tertiary/aromatic N) is 1. The summed E-state index contributed by atoms with van der Waals surface area (Å²) < 4.78 is 12.8. The molecule has 0 N–H and O–H groups in total. The van der Waals surface area contributed by atoms with E-state index in [9.17, 15) is 4.79 Å². The Hall–Kier alpha value is -3.05. The second-order valence-electron chi connectivity index (χ2n) is 9.59. The Morgan fingerprint density at radius 1 is 0.917 bits per heavy atom. The van der Waals surface area contributed by atoms with Gasteiger partial charge in [0.15, 0.2) is 5.78 Å². The zero-order valence-corrected chi connectivity index (χ0v) is 21.4. The molecule has 0 aromatic heterocycles. The zero-order chi connectivity index (χ0) is 25.2. The highest BCUT2D eigenvalue weighted by Crippen LogP contribution is 2.33. The molecule has 0 spiro atoms. The van der Waals surface area contributed by atoms with Crippen LogP contribution in [0.5, 0.6) is 0 Å². The van der Waals surface area contributed by atoms with E-state index < -0.39 is 0 Å². The minimum atomic E-state index is -0.143. The van der Waals surface area contributed by atoms with E-state index in [1.165, 1.54) is 11.1 Å². The van der Waals surface area contributed by atoms with Crippen molar-refractivity contribution in [1.82, 2.24) is 4.90 Å². The van der Waals surface area contributed by atoms with E-state index in [4.69, 9.17) is 9.47 Å². The molecule has 1 saturated heterocycles. The minimum absolute atomic E-state index is 0.0963. The first-order valence-electron chi connectivity index (χ1n) is 12.9. The smallest absolute Gasteiger partial charge is 0.152 e. The van der Waals surface area contributed by atoms with Crippen molar-refractivity contribution in [3.05, 3.63) is 119 Å². The predicted molar refractivity (Wildman–Crippen MR) is 144 cm³/mol. The number of likely N-dealkylation sites (tertiary alicyclic amines) is 1. The van der Waals surface area contributed by atoms with E-state index in [0.29, 0.717) is 19.8 Å². The van der Waals surface area contributed by atoms with Crippen LogP contribution < -0.4 is 0 Å². The normalized spacial score (nSPS) is 19.2. The van der Waals surface area contributed by atoms with Crippen molar-refractivity contribution >= 4 is 5.78 Å². The molecule has 3 atom stereocenters.